The molecule has 1 fully saturated rings. The van der Waals surface area contributed by atoms with E-state index in [1.165, 1.54) is 0 Å². The van der Waals surface area contributed by atoms with Gasteiger partial charge in [-0.15, -0.1) is 0 Å². The molecule has 0 amide bonds. The molecule has 1 aliphatic rings. The second kappa shape index (κ2) is 18.3. The van der Waals surface area contributed by atoms with Gasteiger partial charge in [-0.1, -0.05) is 77.6 Å². The van der Waals surface area contributed by atoms with Gasteiger partial charge in [-0.25, -0.2) is 0 Å². The van der Waals surface area contributed by atoms with Gasteiger partial charge >= 0.3 is 0 Å². The fourth-order valence-corrected chi connectivity index (χ4v) is 4.67. The molecule has 0 aliphatic heterocycles. The van der Waals surface area contributed by atoms with E-state index in [0.717, 1.165) is 116 Å². The van der Waals surface area contributed by atoms with E-state index in [2.05, 4.69) is 27.7 Å². The van der Waals surface area contributed by atoms with Gasteiger partial charge in [0.2, 0.25) is 0 Å². The highest BCUT2D eigenvalue weighted by Crippen LogP contribution is 2.38. The maximum atomic E-state index is 13.8. The molecule has 0 N–H and O–H groups in total. The van der Waals surface area contributed by atoms with Crippen molar-refractivity contribution in [3.05, 3.63) is 58.7 Å². The normalized spacial score (nSPS) is 15.4. The zero-order valence-corrected chi connectivity index (χ0v) is 25.8. The highest BCUT2D eigenvalue weighted by atomic mass is 16.5. The molecule has 2 aromatic carbocycles. The lowest BCUT2D eigenvalue weighted by Crippen LogP contribution is -2.13. The molecule has 1 aliphatic carbocycles. The minimum Gasteiger partial charge on any atom is -0.490 e. The second-order valence-corrected chi connectivity index (χ2v) is 10.7. The van der Waals surface area contributed by atoms with E-state index in [1.54, 1.807) is 0 Å². The highest BCUT2D eigenvalue weighted by molar-refractivity contribution is 6.14. The lowest BCUT2D eigenvalue weighted by molar-refractivity contribution is -0.112. The number of Topliss-reactive ketones (excluding diaryl/α,β-unsaturated/α-hetero) is 1. The number of rotatable bonds is 18. The van der Waals surface area contributed by atoms with E-state index in [-0.39, 0.29) is 5.78 Å². The molecule has 1 saturated carbocycles. The molecule has 0 aromatic heterocycles. The first-order valence-corrected chi connectivity index (χ1v) is 15.9. The van der Waals surface area contributed by atoms with Crippen LogP contribution in [-0.2, 0) is 4.79 Å². The second-order valence-electron chi connectivity index (χ2n) is 10.7. The van der Waals surface area contributed by atoms with Crippen LogP contribution in [0.2, 0.25) is 0 Å². The van der Waals surface area contributed by atoms with Crippen LogP contribution in [0.25, 0.3) is 12.2 Å². The van der Waals surface area contributed by atoms with Crippen molar-refractivity contribution in [1.29, 1.82) is 0 Å². The SMILES string of the molecule is CCCCOc1cccc(/C=C2\CCC/C(=C\c3cccc(OCCCC)c3OCCCC)C2=O)c1OCCCC. The van der Waals surface area contributed by atoms with Gasteiger partial charge in [0.15, 0.2) is 28.8 Å². The Morgan fingerprint density at radius 2 is 0.976 bits per heavy atom. The van der Waals surface area contributed by atoms with Gasteiger partial charge in [0, 0.05) is 22.3 Å². The molecule has 2 aromatic rings. The average Bonchev–Trinajstić information content (AvgIpc) is 2.98. The van der Waals surface area contributed by atoms with Crippen LogP contribution in [0.5, 0.6) is 23.0 Å². The number of carbonyl (C=O) groups excluding carboxylic acids is 1. The molecule has 0 radical (unpaired) electrons. The van der Waals surface area contributed by atoms with Crippen molar-refractivity contribution in [3.63, 3.8) is 0 Å². The van der Waals surface area contributed by atoms with Crippen molar-refractivity contribution < 1.29 is 23.7 Å². The standard InChI is InChI=1S/C36H50O5/c1-5-9-22-38-32-20-14-18-30(35(32)40-24-11-7-3)26-28-16-13-17-29(34(28)37)27-31-19-15-21-33(39-23-10-6-2)36(31)41-25-12-8-4/h14-15,18-21,26-27H,5-13,16-17,22-25H2,1-4H3/b28-26+,29-27+. The van der Waals surface area contributed by atoms with Crippen molar-refractivity contribution >= 4 is 17.9 Å². The van der Waals surface area contributed by atoms with Crippen LogP contribution in [-0.4, -0.2) is 32.2 Å². The molecule has 3 rings (SSSR count). The summed E-state index contributed by atoms with van der Waals surface area (Å²) in [6, 6.07) is 11.9. The Bertz CT molecular complexity index is 1060. The lowest BCUT2D eigenvalue weighted by Gasteiger charge is -2.20. The number of benzene rings is 2. The van der Waals surface area contributed by atoms with E-state index in [9.17, 15) is 4.79 Å². The van der Waals surface area contributed by atoms with Crippen LogP contribution in [0, 0.1) is 0 Å². The summed E-state index contributed by atoms with van der Waals surface area (Å²) in [5.41, 5.74) is 3.40. The fourth-order valence-electron chi connectivity index (χ4n) is 4.67. The monoisotopic (exact) mass is 562 g/mol. The van der Waals surface area contributed by atoms with Gasteiger partial charge in [-0.3, -0.25) is 4.79 Å². The molecule has 5 heteroatoms. The molecule has 41 heavy (non-hydrogen) atoms. The molecule has 0 unspecified atom stereocenters. The molecule has 0 spiro atoms. The van der Waals surface area contributed by atoms with Crippen LogP contribution < -0.4 is 18.9 Å². The van der Waals surface area contributed by atoms with E-state index >= 15 is 0 Å². The summed E-state index contributed by atoms with van der Waals surface area (Å²) in [6.07, 6.45) is 14.6. The molecule has 0 heterocycles. The quantitative estimate of drug-likeness (QED) is 0.134. The number of ketones is 1. The van der Waals surface area contributed by atoms with E-state index in [1.807, 2.05) is 48.6 Å². The molecular weight excluding hydrogens is 512 g/mol. The van der Waals surface area contributed by atoms with E-state index in [4.69, 9.17) is 18.9 Å². The van der Waals surface area contributed by atoms with Gasteiger partial charge in [-0.2, -0.15) is 0 Å². The zero-order valence-electron chi connectivity index (χ0n) is 25.8. The first-order valence-electron chi connectivity index (χ1n) is 15.9. The summed E-state index contributed by atoms with van der Waals surface area (Å²) in [5, 5.41) is 0. The number of ether oxygens (including phenoxy) is 4. The molecule has 0 saturated heterocycles. The smallest absolute Gasteiger partial charge is 0.185 e. The van der Waals surface area contributed by atoms with Crippen LogP contribution in [0.15, 0.2) is 47.5 Å². The van der Waals surface area contributed by atoms with Gasteiger partial charge in [0.25, 0.3) is 0 Å². The van der Waals surface area contributed by atoms with Crippen molar-refractivity contribution in [3.8, 4) is 23.0 Å². The zero-order chi connectivity index (χ0) is 29.3. The Balaban J connectivity index is 1.92. The molecule has 0 atom stereocenters. The Morgan fingerprint density at radius 1 is 0.585 bits per heavy atom. The number of unbranched alkanes of at least 4 members (excludes halogenated alkanes) is 4. The summed E-state index contributed by atoms with van der Waals surface area (Å²) in [5.74, 6) is 3.05. The first kappa shape index (κ1) is 32.3. The summed E-state index contributed by atoms with van der Waals surface area (Å²) in [6.45, 7) is 11.1. The molecule has 0 bridgehead atoms. The Kier molecular flexibility index (Phi) is 14.4. The fraction of sp³-hybridized carbons (Fsp3) is 0.528. The third-order valence-corrected chi connectivity index (χ3v) is 7.15. The van der Waals surface area contributed by atoms with Gasteiger partial charge in [-0.05, 0) is 69.2 Å². The molecule has 224 valence electrons. The minimum absolute atomic E-state index is 0.0878. The third kappa shape index (κ3) is 9.98. The van der Waals surface area contributed by atoms with Crippen molar-refractivity contribution in [2.45, 2.75) is 98.3 Å². The van der Waals surface area contributed by atoms with Crippen LogP contribution >= 0.6 is 0 Å². The topological polar surface area (TPSA) is 54.0 Å². The Labute approximate surface area is 247 Å². The van der Waals surface area contributed by atoms with Crippen molar-refractivity contribution in [1.82, 2.24) is 0 Å². The lowest BCUT2D eigenvalue weighted by atomic mass is 9.86. The Morgan fingerprint density at radius 3 is 1.37 bits per heavy atom. The van der Waals surface area contributed by atoms with E-state index in [0.29, 0.717) is 26.4 Å². The van der Waals surface area contributed by atoms with Crippen LogP contribution in [0.4, 0.5) is 0 Å². The number of hydrogen-bond donors (Lipinski definition) is 0. The van der Waals surface area contributed by atoms with Crippen LogP contribution in [0.3, 0.4) is 0 Å². The molecular formula is C36H50O5. The van der Waals surface area contributed by atoms with Gasteiger partial charge < -0.3 is 18.9 Å². The number of hydrogen-bond acceptors (Lipinski definition) is 5. The van der Waals surface area contributed by atoms with Gasteiger partial charge in [0.1, 0.15) is 0 Å². The van der Waals surface area contributed by atoms with Crippen molar-refractivity contribution in [2.75, 3.05) is 26.4 Å². The Hall–Kier alpha value is -3.21. The summed E-state index contributed by atoms with van der Waals surface area (Å²) in [4.78, 5) is 13.8. The summed E-state index contributed by atoms with van der Waals surface area (Å²) in [7, 11) is 0. The maximum absolute atomic E-state index is 13.8. The number of para-hydroxylation sites is 2. The van der Waals surface area contributed by atoms with Gasteiger partial charge in [0.05, 0.1) is 26.4 Å². The largest absolute Gasteiger partial charge is 0.490 e. The maximum Gasteiger partial charge on any atom is 0.185 e. The predicted molar refractivity (Wildman–Crippen MR) is 169 cm³/mol. The predicted octanol–water partition coefficient (Wildman–Crippen LogP) is 9.62. The number of allylic oxidation sites excluding steroid dienone is 2. The minimum atomic E-state index is 0.0878. The first-order chi connectivity index (χ1) is 20.1. The van der Waals surface area contributed by atoms with E-state index < -0.39 is 0 Å². The van der Waals surface area contributed by atoms with Crippen molar-refractivity contribution in [2.24, 2.45) is 0 Å². The van der Waals surface area contributed by atoms with Crippen LogP contribution in [0.1, 0.15) is 109 Å². The molecule has 5 nitrogen and oxygen atoms in total. The third-order valence-electron chi connectivity index (χ3n) is 7.15. The number of carbonyl (C=O) groups is 1. The summed E-state index contributed by atoms with van der Waals surface area (Å²) >= 11 is 0. The average molecular weight is 563 g/mol. The summed E-state index contributed by atoms with van der Waals surface area (Å²) < 4.78 is 24.6. The highest BCUT2D eigenvalue weighted by Gasteiger charge is 2.23.